The monoisotopic (exact) mass is 269 g/mol. The van der Waals surface area contributed by atoms with Gasteiger partial charge in [-0.25, -0.2) is 4.79 Å². The maximum absolute atomic E-state index is 12.0. The number of amides is 2. The average molecular weight is 269 g/mol. The molecule has 0 aliphatic heterocycles. The molecule has 0 fully saturated rings. The summed E-state index contributed by atoms with van der Waals surface area (Å²) in [5, 5.41) is 6.63. The molecule has 0 unspecified atom stereocenters. The van der Waals surface area contributed by atoms with Crippen molar-refractivity contribution in [2.45, 2.75) is 19.8 Å². The highest BCUT2D eigenvalue weighted by Gasteiger charge is 2.06. The van der Waals surface area contributed by atoms with Gasteiger partial charge in [0.15, 0.2) is 0 Å². The van der Waals surface area contributed by atoms with Gasteiger partial charge in [0.25, 0.3) is 0 Å². The molecule has 1 aromatic carbocycles. The molecule has 4 nitrogen and oxygen atoms in total. The first kappa shape index (κ1) is 13.9. The number of benzene rings is 1. The molecule has 20 heavy (non-hydrogen) atoms. The van der Waals surface area contributed by atoms with Crippen molar-refractivity contribution in [1.82, 2.24) is 10.3 Å². The highest BCUT2D eigenvalue weighted by molar-refractivity contribution is 6.01. The second kappa shape index (κ2) is 6.61. The highest BCUT2D eigenvalue weighted by Crippen LogP contribution is 2.21. The summed E-state index contributed by atoms with van der Waals surface area (Å²) in [6.45, 7) is 5.79. The van der Waals surface area contributed by atoms with Crippen LogP contribution in [0.1, 0.15) is 19.8 Å². The predicted octanol–water partition coefficient (Wildman–Crippen LogP) is 4.16. The van der Waals surface area contributed by atoms with Crippen molar-refractivity contribution in [2.75, 3.05) is 5.32 Å². The van der Waals surface area contributed by atoms with E-state index in [2.05, 4.69) is 29.1 Å². The third kappa shape index (κ3) is 3.29. The molecule has 2 rings (SSSR count). The summed E-state index contributed by atoms with van der Waals surface area (Å²) < 4.78 is 0. The number of fused-ring (bicyclic) bond motifs is 1. The van der Waals surface area contributed by atoms with E-state index in [1.165, 1.54) is 0 Å². The maximum Gasteiger partial charge on any atom is 0.323 e. The summed E-state index contributed by atoms with van der Waals surface area (Å²) in [6.07, 6.45) is 7.40. The number of H-pyrrole nitrogens is 1. The molecule has 0 aliphatic carbocycles. The van der Waals surface area contributed by atoms with Crippen LogP contribution in [-0.4, -0.2) is 11.0 Å². The summed E-state index contributed by atoms with van der Waals surface area (Å²) in [7, 11) is 0. The smallest absolute Gasteiger partial charge is 0.323 e. The first-order chi connectivity index (χ1) is 9.74. The number of hydrogen-bond acceptors (Lipinski definition) is 1. The minimum Gasteiger partial charge on any atom is -0.361 e. The molecule has 0 radical (unpaired) electrons. The third-order valence-electron chi connectivity index (χ3n) is 2.97. The fraction of sp³-hybridized carbons (Fsp3) is 0.188. The molecule has 2 amide bonds. The van der Waals surface area contributed by atoms with Crippen LogP contribution in [0.2, 0.25) is 0 Å². The van der Waals surface area contributed by atoms with E-state index in [1.807, 2.05) is 36.5 Å². The zero-order valence-corrected chi connectivity index (χ0v) is 11.6. The van der Waals surface area contributed by atoms with E-state index in [0.717, 1.165) is 35.1 Å². The van der Waals surface area contributed by atoms with E-state index in [4.69, 9.17) is 0 Å². The van der Waals surface area contributed by atoms with Crippen LogP contribution in [0.25, 0.3) is 10.9 Å². The summed E-state index contributed by atoms with van der Waals surface area (Å²) in [4.78, 5) is 15.1. The number of allylic oxidation sites excluding steroid dienone is 2. The third-order valence-corrected chi connectivity index (χ3v) is 2.97. The molecule has 104 valence electrons. The predicted molar refractivity (Wildman–Crippen MR) is 83.6 cm³/mol. The molecule has 0 spiro atoms. The number of urea groups is 1. The van der Waals surface area contributed by atoms with Crippen molar-refractivity contribution in [3.8, 4) is 0 Å². The van der Waals surface area contributed by atoms with Crippen LogP contribution in [-0.2, 0) is 0 Å². The van der Waals surface area contributed by atoms with Crippen LogP contribution in [0.3, 0.4) is 0 Å². The number of nitrogens with one attached hydrogen (secondary N) is 3. The molecule has 3 N–H and O–H groups in total. The fourth-order valence-electron chi connectivity index (χ4n) is 1.96. The molecule has 0 aliphatic rings. The van der Waals surface area contributed by atoms with Gasteiger partial charge in [0, 0.05) is 22.8 Å². The molecule has 0 atom stereocenters. The highest BCUT2D eigenvalue weighted by atomic mass is 16.2. The van der Waals surface area contributed by atoms with E-state index >= 15 is 0 Å². The lowest BCUT2D eigenvalue weighted by Crippen LogP contribution is -2.27. The Morgan fingerprint density at radius 3 is 3.00 bits per heavy atom. The van der Waals surface area contributed by atoms with Crippen molar-refractivity contribution in [3.05, 3.63) is 54.9 Å². The number of unbranched alkanes of at least 4 members (excludes halogenated alkanes) is 1. The number of rotatable bonds is 5. The van der Waals surface area contributed by atoms with Crippen LogP contribution in [0.5, 0.6) is 0 Å². The second-order valence-electron chi connectivity index (χ2n) is 4.48. The van der Waals surface area contributed by atoms with Gasteiger partial charge in [-0.1, -0.05) is 32.1 Å². The largest absolute Gasteiger partial charge is 0.361 e. The van der Waals surface area contributed by atoms with Crippen molar-refractivity contribution in [1.29, 1.82) is 0 Å². The zero-order valence-electron chi connectivity index (χ0n) is 11.6. The van der Waals surface area contributed by atoms with Crippen LogP contribution >= 0.6 is 0 Å². The first-order valence-electron chi connectivity index (χ1n) is 6.71. The number of aromatic amines is 1. The molecule has 0 bridgehead atoms. The van der Waals surface area contributed by atoms with Gasteiger partial charge in [-0.15, -0.1) is 0 Å². The Kier molecular flexibility index (Phi) is 4.60. The average Bonchev–Trinajstić information content (AvgIpc) is 2.93. The lowest BCUT2D eigenvalue weighted by atomic mass is 10.2. The van der Waals surface area contributed by atoms with E-state index < -0.39 is 0 Å². The lowest BCUT2D eigenvalue weighted by Gasteiger charge is -2.09. The van der Waals surface area contributed by atoms with E-state index in [0.29, 0.717) is 0 Å². The standard InChI is InChI=1S/C16H19N3O/c1-3-5-7-12(4-2)18-16(20)19-15-9-6-8-14-13(15)10-11-17-14/h4,6-11,17H,2-3,5H2,1H3,(H2,18,19,20)/b12-7+. The Morgan fingerprint density at radius 2 is 2.25 bits per heavy atom. The van der Waals surface area contributed by atoms with Gasteiger partial charge in [0.05, 0.1) is 5.69 Å². The Labute approximate surface area is 118 Å². The Morgan fingerprint density at radius 1 is 1.40 bits per heavy atom. The molecule has 2 aromatic rings. The van der Waals surface area contributed by atoms with Crippen LogP contribution in [0, 0.1) is 0 Å². The van der Waals surface area contributed by atoms with Crippen molar-refractivity contribution in [3.63, 3.8) is 0 Å². The molecule has 1 aromatic heterocycles. The number of aromatic nitrogens is 1. The van der Waals surface area contributed by atoms with Gasteiger partial charge in [0.1, 0.15) is 0 Å². The minimum absolute atomic E-state index is 0.263. The van der Waals surface area contributed by atoms with Gasteiger partial charge < -0.3 is 15.6 Å². The summed E-state index contributed by atoms with van der Waals surface area (Å²) in [6, 6.07) is 7.41. The maximum atomic E-state index is 12.0. The normalized spacial score (nSPS) is 11.3. The molecule has 1 heterocycles. The Balaban J connectivity index is 2.08. The van der Waals surface area contributed by atoms with Crippen LogP contribution in [0.4, 0.5) is 10.5 Å². The molecule has 0 saturated heterocycles. The summed E-state index contributed by atoms with van der Waals surface area (Å²) in [5.41, 5.74) is 2.50. The van der Waals surface area contributed by atoms with Crippen molar-refractivity contribution in [2.24, 2.45) is 0 Å². The van der Waals surface area contributed by atoms with Gasteiger partial charge in [-0.05, 0) is 30.7 Å². The summed E-state index contributed by atoms with van der Waals surface area (Å²) >= 11 is 0. The second-order valence-corrected chi connectivity index (χ2v) is 4.48. The lowest BCUT2D eigenvalue weighted by molar-refractivity contribution is 0.254. The van der Waals surface area contributed by atoms with Crippen LogP contribution < -0.4 is 10.6 Å². The van der Waals surface area contributed by atoms with Crippen molar-refractivity contribution < 1.29 is 4.79 Å². The molecular formula is C16H19N3O. The Hall–Kier alpha value is -2.49. The van der Waals surface area contributed by atoms with Crippen LogP contribution in [0.15, 0.2) is 54.9 Å². The number of hydrogen-bond donors (Lipinski definition) is 3. The topological polar surface area (TPSA) is 56.9 Å². The van der Waals surface area contributed by atoms with E-state index in [1.54, 1.807) is 6.08 Å². The van der Waals surface area contributed by atoms with E-state index in [9.17, 15) is 4.79 Å². The minimum atomic E-state index is -0.263. The molecule has 4 heteroatoms. The van der Waals surface area contributed by atoms with Gasteiger partial charge in [-0.2, -0.15) is 0 Å². The fourth-order valence-corrected chi connectivity index (χ4v) is 1.96. The van der Waals surface area contributed by atoms with Gasteiger partial charge in [0.2, 0.25) is 0 Å². The number of carbonyl (C=O) groups is 1. The summed E-state index contributed by atoms with van der Waals surface area (Å²) in [5.74, 6) is 0. The SMILES string of the molecule is C=C/C(=C\CCC)NC(=O)Nc1cccc2[nH]ccc12. The molecular weight excluding hydrogens is 250 g/mol. The van der Waals surface area contributed by atoms with Gasteiger partial charge in [-0.3, -0.25) is 0 Å². The number of anilines is 1. The van der Waals surface area contributed by atoms with Crippen molar-refractivity contribution >= 4 is 22.6 Å². The zero-order chi connectivity index (χ0) is 14.4. The first-order valence-corrected chi connectivity index (χ1v) is 6.71. The van der Waals surface area contributed by atoms with E-state index in [-0.39, 0.29) is 6.03 Å². The number of carbonyl (C=O) groups excluding carboxylic acids is 1. The Bertz CT molecular complexity index is 640. The van der Waals surface area contributed by atoms with Gasteiger partial charge >= 0.3 is 6.03 Å². The quantitative estimate of drug-likeness (QED) is 0.701. The molecule has 0 saturated carbocycles.